The molecule has 1 amide bonds. The average Bonchev–Trinajstić information content (AvgIpc) is 2.54. The van der Waals surface area contributed by atoms with Gasteiger partial charge in [0.1, 0.15) is 0 Å². The van der Waals surface area contributed by atoms with Crippen molar-refractivity contribution in [3.05, 3.63) is 35.4 Å². The lowest BCUT2D eigenvalue weighted by Gasteiger charge is -2.26. The Bertz CT molecular complexity index is 485. The number of hydrogen-bond acceptors (Lipinski definition) is 3. The summed E-state index contributed by atoms with van der Waals surface area (Å²) in [6.45, 7) is 5.10. The number of carbonyl (C=O) groups excluding carboxylic acids is 1. The molecule has 0 bridgehead atoms. The second-order valence-corrected chi connectivity index (χ2v) is 5.96. The third kappa shape index (κ3) is 4.31. The first-order valence-electron chi connectivity index (χ1n) is 8.29. The standard InChI is InChI=1S/C18H27NO3/c1-3-13(4-2)16(20)12-19-18(21)11-17-15-8-6-5-7-14(15)9-10-22-17/h5-8,13,16-17,20H,3-4,9-12H2,1-2H3,(H,19,21). The summed E-state index contributed by atoms with van der Waals surface area (Å²) in [6.07, 6.45) is 2.42. The highest BCUT2D eigenvalue weighted by Gasteiger charge is 2.23. The smallest absolute Gasteiger partial charge is 0.223 e. The van der Waals surface area contributed by atoms with Crippen LogP contribution in [0.15, 0.2) is 24.3 Å². The lowest BCUT2D eigenvalue weighted by Crippen LogP contribution is -2.37. The maximum atomic E-state index is 12.1. The zero-order valence-corrected chi connectivity index (χ0v) is 13.5. The highest BCUT2D eigenvalue weighted by Crippen LogP contribution is 2.29. The predicted molar refractivity (Wildman–Crippen MR) is 86.5 cm³/mol. The van der Waals surface area contributed by atoms with Crippen LogP contribution in [-0.2, 0) is 16.0 Å². The van der Waals surface area contributed by atoms with Crippen molar-refractivity contribution in [2.45, 2.75) is 51.7 Å². The molecule has 22 heavy (non-hydrogen) atoms. The molecule has 0 saturated carbocycles. The fourth-order valence-electron chi connectivity index (χ4n) is 3.10. The van der Waals surface area contributed by atoms with Gasteiger partial charge < -0.3 is 15.2 Å². The second-order valence-electron chi connectivity index (χ2n) is 5.96. The van der Waals surface area contributed by atoms with Gasteiger partial charge in [0.15, 0.2) is 0 Å². The largest absolute Gasteiger partial charge is 0.391 e. The van der Waals surface area contributed by atoms with Gasteiger partial charge in [-0.25, -0.2) is 0 Å². The number of benzene rings is 1. The van der Waals surface area contributed by atoms with Gasteiger partial charge in [-0.1, -0.05) is 51.0 Å². The second kappa shape index (κ2) is 8.30. The molecule has 1 aliphatic heterocycles. The molecule has 1 heterocycles. The van der Waals surface area contributed by atoms with Gasteiger partial charge in [-0.05, 0) is 23.5 Å². The molecule has 1 aliphatic rings. The zero-order chi connectivity index (χ0) is 15.9. The Kier molecular flexibility index (Phi) is 6.40. The van der Waals surface area contributed by atoms with Crippen LogP contribution in [0.5, 0.6) is 0 Å². The van der Waals surface area contributed by atoms with Gasteiger partial charge in [-0.15, -0.1) is 0 Å². The topological polar surface area (TPSA) is 58.6 Å². The zero-order valence-electron chi connectivity index (χ0n) is 13.5. The van der Waals surface area contributed by atoms with E-state index in [1.54, 1.807) is 0 Å². The molecule has 4 nitrogen and oxygen atoms in total. The highest BCUT2D eigenvalue weighted by molar-refractivity contribution is 5.76. The number of amides is 1. The van der Waals surface area contributed by atoms with Crippen LogP contribution in [0.4, 0.5) is 0 Å². The van der Waals surface area contributed by atoms with Crippen LogP contribution >= 0.6 is 0 Å². The molecule has 0 aliphatic carbocycles. The first-order valence-corrected chi connectivity index (χ1v) is 8.29. The number of hydrogen-bond donors (Lipinski definition) is 2. The number of aliphatic hydroxyl groups excluding tert-OH is 1. The minimum absolute atomic E-state index is 0.0632. The third-order valence-electron chi connectivity index (χ3n) is 4.56. The van der Waals surface area contributed by atoms with E-state index in [0.29, 0.717) is 19.6 Å². The first-order chi connectivity index (χ1) is 10.7. The van der Waals surface area contributed by atoms with Gasteiger partial charge in [-0.3, -0.25) is 4.79 Å². The summed E-state index contributed by atoms with van der Waals surface area (Å²) < 4.78 is 5.75. The SMILES string of the molecule is CCC(CC)C(O)CNC(=O)CC1OCCc2ccccc21. The molecule has 0 radical (unpaired) electrons. The number of ether oxygens (including phenoxy) is 1. The molecular formula is C18H27NO3. The maximum Gasteiger partial charge on any atom is 0.223 e. The van der Waals surface area contributed by atoms with Gasteiger partial charge in [0, 0.05) is 6.54 Å². The summed E-state index contributed by atoms with van der Waals surface area (Å²) in [5.74, 6) is 0.179. The molecule has 1 aromatic carbocycles. The number of rotatable bonds is 7. The fraction of sp³-hybridized carbons (Fsp3) is 0.611. The summed E-state index contributed by atoms with van der Waals surface area (Å²) in [6, 6.07) is 8.13. The molecular weight excluding hydrogens is 278 g/mol. The lowest BCUT2D eigenvalue weighted by molar-refractivity contribution is -0.125. The average molecular weight is 305 g/mol. The Hall–Kier alpha value is -1.39. The first kappa shape index (κ1) is 17.0. The van der Waals surface area contributed by atoms with E-state index >= 15 is 0 Å². The summed E-state index contributed by atoms with van der Waals surface area (Å²) in [7, 11) is 0. The molecule has 2 unspecified atom stereocenters. The normalized spacial score (nSPS) is 18.8. The Balaban J connectivity index is 1.86. The minimum atomic E-state index is -0.474. The fourth-order valence-corrected chi connectivity index (χ4v) is 3.10. The van der Waals surface area contributed by atoms with Gasteiger partial charge in [0.25, 0.3) is 0 Å². The molecule has 2 rings (SSSR count). The number of carbonyl (C=O) groups is 1. The predicted octanol–water partition coefficient (Wildman–Crippen LogP) is 2.60. The third-order valence-corrected chi connectivity index (χ3v) is 4.56. The van der Waals surface area contributed by atoms with Crippen LogP contribution in [0.1, 0.15) is 50.3 Å². The Morgan fingerprint density at radius 3 is 2.82 bits per heavy atom. The summed E-state index contributed by atoms with van der Waals surface area (Å²) in [5, 5.41) is 12.9. The lowest BCUT2D eigenvalue weighted by atomic mass is 9.95. The van der Waals surface area contributed by atoms with Gasteiger partial charge in [0.05, 0.1) is 25.2 Å². The Morgan fingerprint density at radius 1 is 1.36 bits per heavy atom. The van der Waals surface area contributed by atoms with E-state index in [4.69, 9.17) is 4.74 Å². The molecule has 2 N–H and O–H groups in total. The Labute approximate surface area is 132 Å². The van der Waals surface area contributed by atoms with Crippen LogP contribution in [0.2, 0.25) is 0 Å². The van der Waals surface area contributed by atoms with Crippen LogP contribution in [0.3, 0.4) is 0 Å². The molecule has 122 valence electrons. The van der Waals surface area contributed by atoms with Gasteiger partial charge in [-0.2, -0.15) is 0 Å². The number of fused-ring (bicyclic) bond motifs is 1. The molecule has 4 heteroatoms. The van der Waals surface area contributed by atoms with Crippen LogP contribution in [0, 0.1) is 5.92 Å². The van der Waals surface area contributed by atoms with E-state index in [-0.39, 0.29) is 17.9 Å². The van der Waals surface area contributed by atoms with Gasteiger partial charge in [0.2, 0.25) is 5.91 Å². The minimum Gasteiger partial charge on any atom is -0.391 e. The molecule has 0 spiro atoms. The maximum absolute atomic E-state index is 12.1. The van der Waals surface area contributed by atoms with Crippen molar-refractivity contribution in [2.75, 3.05) is 13.2 Å². The summed E-state index contributed by atoms with van der Waals surface area (Å²) in [5.41, 5.74) is 2.38. The molecule has 0 fully saturated rings. The van der Waals surface area contributed by atoms with Crippen molar-refractivity contribution >= 4 is 5.91 Å². The monoisotopic (exact) mass is 305 g/mol. The van der Waals surface area contributed by atoms with E-state index < -0.39 is 6.10 Å². The van der Waals surface area contributed by atoms with Crippen molar-refractivity contribution in [2.24, 2.45) is 5.92 Å². The van der Waals surface area contributed by atoms with Crippen molar-refractivity contribution in [3.8, 4) is 0 Å². The van der Waals surface area contributed by atoms with Crippen molar-refractivity contribution in [1.82, 2.24) is 5.32 Å². The van der Waals surface area contributed by atoms with Crippen molar-refractivity contribution < 1.29 is 14.6 Å². The molecule has 0 saturated heterocycles. The van der Waals surface area contributed by atoms with E-state index in [1.165, 1.54) is 5.56 Å². The van der Waals surface area contributed by atoms with Crippen molar-refractivity contribution in [1.29, 1.82) is 0 Å². The molecule has 2 atom stereocenters. The van der Waals surface area contributed by atoms with E-state index in [2.05, 4.69) is 25.2 Å². The quantitative estimate of drug-likeness (QED) is 0.814. The number of aliphatic hydroxyl groups is 1. The van der Waals surface area contributed by atoms with Crippen LogP contribution in [-0.4, -0.2) is 30.3 Å². The van der Waals surface area contributed by atoms with Crippen LogP contribution < -0.4 is 5.32 Å². The van der Waals surface area contributed by atoms with Gasteiger partial charge >= 0.3 is 0 Å². The number of nitrogens with one attached hydrogen (secondary N) is 1. The van der Waals surface area contributed by atoms with E-state index in [0.717, 1.165) is 24.8 Å². The van der Waals surface area contributed by atoms with Crippen LogP contribution in [0.25, 0.3) is 0 Å². The summed E-state index contributed by atoms with van der Waals surface area (Å²) >= 11 is 0. The Morgan fingerprint density at radius 2 is 2.09 bits per heavy atom. The molecule has 0 aromatic heterocycles. The van der Waals surface area contributed by atoms with Crippen molar-refractivity contribution in [3.63, 3.8) is 0 Å². The van der Waals surface area contributed by atoms with E-state index in [9.17, 15) is 9.90 Å². The van der Waals surface area contributed by atoms with E-state index in [1.807, 2.05) is 18.2 Å². The summed E-state index contributed by atoms with van der Waals surface area (Å²) in [4.78, 5) is 12.1. The molecule has 1 aromatic rings. The highest BCUT2D eigenvalue weighted by atomic mass is 16.5.